The molecule has 0 aliphatic carbocycles. The van der Waals surface area contributed by atoms with E-state index < -0.39 is 0 Å². The van der Waals surface area contributed by atoms with Crippen molar-refractivity contribution in [1.29, 1.82) is 5.41 Å². The van der Waals surface area contributed by atoms with Crippen molar-refractivity contribution in [2.24, 2.45) is 5.73 Å². The van der Waals surface area contributed by atoms with Crippen LogP contribution in [-0.2, 0) is 0 Å². The fraction of sp³-hybridized carbons (Fsp3) is 0. The smallest absolute Gasteiger partial charge is 0.122 e. The molecule has 0 bridgehead atoms. The molecule has 0 saturated heterocycles. The zero-order valence-corrected chi connectivity index (χ0v) is 9.11. The largest absolute Gasteiger partial charge is 0.384 e. The Hall–Kier alpha value is -1.95. The van der Waals surface area contributed by atoms with Crippen molar-refractivity contribution in [3.63, 3.8) is 0 Å². The zero-order valence-electron chi connectivity index (χ0n) is 8.29. The predicted molar refractivity (Wildman–Crippen MR) is 61.4 cm³/mol. The lowest BCUT2D eigenvalue weighted by atomic mass is 10.2. The number of nitrogens with one attached hydrogen (secondary N) is 1. The first-order chi connectivity index (χ1) is 7.75. The SMILES string of the molecule is N=C(N)c1ccnc(Sc2cnccn2)c1. The van der Waals surface area contributed by atoms with Gasteiger partial charge >= 0.3 is 0 Å². The van der Waals surface area contributed by atoms with Crippen LogP contribution in [0.1, 0.15) is 5.56 Å². The van der Waals surface area contributed by atoms with E-state index in [2.05, 4.69) is 15.0 Å². The van der Waals surface area contributed by atoms with Gasteiger partial charge in [-0.3, -0.25) is 10.4 Å². The maximum atomic E-state index is 7.32. The van der Waals surface area contributed by atoms with Crippen molar-refractivity contribution < 1.29 is 0 Å². The summed E-state index contributed by atoms with van der Waals surface area (Å²) in [6.07, 6.45) is 6.52. The zero-order chi connectivity index (χ0) is 11.4. The van der Waals surface area contributed by atoms with Crippen LogP contribution in [0.15, 0.2) is 47.0 Å². The Morgan fingerprint density at radius 1 is 1.19 bits per heavy atom. The number of hydrogen-bond acceptors (Lipinski definition) is 5. The third-order valence-electron chi connectivity index (χ3n) is 1.79. The molecule has 2 aromatic rings. The molecule has 5 nitrogen and oxygen atoms in total. The Kier molecular flexibility index (Phi) is 3.11. The summed E-state index contributed by atoms with van der Waals surface area (Å²) in [5, 5.41) is 8.83. The van der Waals surface area contributed by atoms with E-state index in [-0.39, 0.29) is 5.84 Å². The quantitative estimate of drug-likeness (QED) is 0.614. The minimum Gasteiger partial charge on any atom is -0.384 e. The fourth-order valence-electron chi connectivity index (χ4n) is 1.08. The maximum absolute atomic E-state index is 7.32. The highest BCUT2D eigenvalue weighted by atomic mass is 32.2. The van der Waals surface area contributed by atoms with Gasteiger partial charge in [-0.25, -0.2) is 9.97 Å². The van der Waals surface area contributed by atoms with Crippen molar-refractivity contribution >= 4 is 17.6 Å². The second-order valence-corrected chi connectivity index (χ2v) is 3.98. The van der Waals surface area contributed by atoms with Crippen molar-refractivity contribution in [3.8, 4) is 0 Å². The number of rotatable bonds is 3. The van der Waals surface area contributed by atoms with Crippen LogP contribution in [0.25, 0.3) is 0 Å². The van der Waals surface area contributed by atoms with E-state index in [1.165, 1.54) is 11.8 Å². The molecule has 2 rings (SSSR count). The third kappa shape index (κ3) is 2.54. The average molecular weight is 231 g/mol. The number of nitrogens with zero attached hydrogens (tertiary/aromatic N) is 3. The van der Waals surface area contributed by atoms with Crippen LogP contribution >= 0.6 is 11.8 Å². The molecule has 0 aliphatic rings. The second kappa shape index (κ2) is 4.71. The normalized spacial score (nSPS) is 10.0. The Bertz CT molecular complexity index is 500. The van der Waals surface area contributed by atoms with Crippen molar-refractivity contribution in [3.05, 3.63) is 42.5 Å². The third-order valence-corrected chi connectivity index (χ3v) is 2.65. The van der Waals surface area contributed by atoms with Crippen LogP contribution in [0.5, 0.6) is 0 Å². The first kappa shape index (κ1) is 10.6. The van der Waals surface area contributed by atoms with Gasteiger partial charge < -0.3 is 5.73 Å². The summed E-state index contributed by atoms with van der Waals surface area (Å²) in [5.74, 6) is 0.0309. The van der Waals surface area contributed by atoms with Crippen LogP contribution < -0.4 is 5.73 Å². The van der Waals surface area contributed by atoms with Gasteiger partial charge in [0.1, 0.15) is 15.9 Å². The molecular formula is C10H9N5S. The number of nitrogen functional groups attached to an aromatic ring is 1. The lowest BCUT2D eigenvalue weighted by molar-refractivity contribution is 1.04. The van der Waals surface area contributed by atoms with Gasteiger partial charge in [0.2, 0.25) is 0 Å². The Balaban J connectivity index is 2.22. The molecule has 0 saturated carbocycles. The molecule has 0 amide bonds. The van der Waals surface area contributed by atoms with Crippen LogP contribution in [0.3, 0.4) is 0 Å². The van der Waals surface area contributed by atoms with Crippen LogP contribution in [0.2, 0.25) is 0 Å². The number of aromatic nitrogens is 3. The highest BCUT2D eigenvalue weighted by molar-refractivity contribution is 7.99. The Morgan fingerprint density at radius 2 is 2.00 bits per heavy atom. The van der Waals surface area contributed by atoms with Gasteiger partial charge in [-0.15, -0.1) is 0 Å². The second-order valence-electron chi connectivity index (χ2n) is 2.94. The van der Waals surface area contributed by atoms with Gasteiger partial charge in [0.05, 0.1) is 6.20 Å². The standard InChI is InChI=1S/C10H9N5S/c11-10(12)7-1-2-14-8(5-7)16-9-6-13-3-4-15-9/h1-6H,(H3,11,12). The molecule has 2 heterocycles. The maximum Gasteiger partial charge on any atom is 0.122 e. The molecular weight excluding hydrogens is 222 g/mol. The van der Waals surface area contributed by atoms with Crippen molar-refractivity contribution in [1.82, 2.24) is 15.0 Å². The number of pyridine rings is 1. The van der Waals surface area contributed by atoms with E-state index in [1.807, 2.05) is 0 Å². The van der Waals surface area contributed by atoms with E-state index in [4.69, 9.17) is 11.1 Å². The monoisotopic (exact) mass is 231 g/mol. The molecule has 2 aromatic heterocycles. The van der Waals surface area contributed by atoms with Gasteiger partial charge in [-0.1, -0.05) is 0 Å². The average Bonchev–Trinajstić information content (AvgIpc) is 2.30. The molecule has 0 aromatic carbocycles. The van der Waals surface area contributed by atoms with Gasteiger partial charge in [-0.05, 0) is 23.9 Å². The summed E-state index contributed by atoms with van der Waals surface area (Å²) in [6.45, 7) is 0. The Morgan fingerprint density at radius 3 is 2.69 bits per heavy atom. The highest BCUT2D eigenvalue weighted by Gasteiger charge is 2.02. The van der Waals surface area contributed by atoms with Crippen LogP contribution in [-0.4, -0.2) is 20.8 Å². The topological polar surface area (TPSA) is 88.5 Å². The molecule has 0 radical (unpaired) electrons. The lowest BCUT2D eigenvalue weighted by Gasteiger charge is -2.01. The number of hydrogen-bond donors (Lipinski definition) is 2. The van der Waals surface area contributed by atoms with Crippen molar-refractivity contribution in [2.45, 2.75) is 10.1 Å². The highest BCUT2D eigenvalue weighted by Crippen LogP contribution is 2.23. The molecule has 0 unspecified atom stereocenters. The van der Waals surface area contributed by atoms with E-state index >= 15 is 0 Å². The van der Waals surface area contributed by atoms with Crippen LogP contribution in [0, 0.1) is 5.41 Å². The first-order valence-electron chi connectivity index (χ1n) is 4.50. The molecule has 6 heteroatoms. The molecule has 0 spiro atoms. The number of amidine groups is 1. The summed E-state index contributed by atoms with van der Waals surface area (Å²) >= 11 is 1.38. The molecule has 80 valence electrons. The van der Waals surface area contributed by atoms with E-state index in [0.29, 0.717) is 5.56 Å². The summed E-state index contributed by atoms with van der Waals surface area (Å²) < 4.78 is 0. The van der Waals surface area contributed by atoms with Crippen molar-refractivity contribution in [2.75, 3.05) is 0 Å². The van der Waals surface area contributed by atoms with E-state index in [9.17, 15) is 0 Å². The molecule has 16 heavy (non-hydrogen) atoms. The first-order valence-corrected chi connectivity index (χ1v) is 5.31. The summed E-state index contributed by atoms with van der Waals surface area (Å²) in [4.78, 5) is 12.2. The molecule has 0 atom stereocenters. The predicted octanol–water partition coefficient (Wildman–Crippen LogP) is 1.31. The molecule has 0 fully saturated rings. The Labute approximate surface area is 96.7 Å². The summed E-state index contributed by atoms with van der Waals surface area (Å²) in [6, 6.07) is 3.45. The molecule has 0 aliphatic heterocycles. The van der Waals surface area contributed by atoms with Gasteiger partial charge in [0.15, 0.2) is 0 Å². The number of nitrogens with two attached hydrogens (primary N) is 1. The molecule has 3 N–H and O–H groups in total. The van der Waals surface area contributed by atoms with Gasteiger partial charge in [-0.2, -0.15) is 0 Å². The lowest BCUT2D eigenvalue weighted by Crippen LogP contribution is -2.10. The van der Waals surface area contributed by atoms with E-state index in [1.54, 1.807) is 36.9 Å². The minimum atomic E-state index is 0.0309. The summed E-state index contributed by atoms with van der Waals surface area (Å²) in [7, 11) is 0. The van der Waals surface area contributed by atoms with Gasteiger partial charge in [0.25, 0.3) is 0 Å². The van der Waals surface area contributed by atoms with E-state index in [0.717, 1.165) is 10.1 Å². The van der Waals surface area contributed by atoms with Crippen LogP contribution in [0.4, 0.5) is 0 Å². The minimum absolute atomic E-state index is 0.0309. The summed E-state index contributed by atoms with van der Waals surface area (Å²) in [5.41, 5.74) is 6.05. The van der Waals surface area contributed by atoms with Gasteiger partial charge in [0, 0.05) is 24.2 Å². The fourth-order valence-corrected chi connectivity index (χ4v) is 1.82.